The lowest BCUT2D eigenvalue weighted by molar-refractivity contribution is -0.117. The van der Waals surface area contributed by atoms with Crippen LogP contribution in [0.15, 0.2) is 6.07 Å². The van der Waals surface area contributed by atoms with Crippen LogP contribution < -0.4 is 16.4 Å². The number of anilines is 3. The van der Waals surface area contributed by atoms with Crippen molar-refractivity contribution in [1.82, 2.24) is 9.97 Å². The van der Waals surface area contributed by atoms with Crippen molar-refractivity contribution in [1.29, 1.82) is 0 Å². The van der Waals surface area contributed by atoms with Crippen molar-refractivity contribution in [3.63, 3.8) is 0 Å². The number of rotatable bonds is 3. The molecular weight excluding hydrogens is 266 g/mol. The Morgan fingerprint density at radius 3 is 2.89 bits per heavy atom. The maximum Gasteiger partial charge on any atom is 0.228 e. The Morgan fingerprint density at radius 2 is 2.26 bits per heavy atom. The minimum Gasteiger partial charge on any atom is -0.383 e. The molecule has 1 unspecified atom stereocenters. The summed E-state index contributed by atoms with van der Waals surface area (Å²) in [5, 5.41) is 0.0569. The molecule has 1 amide bonds. The van der Waals surface area contributed by atoms with Gasteiger partial charge in [0.25, 0.3) is 0 Å². The van der Waals surface area contributed by atoms with Gasteiger partial charge < -0.3 is 11.5 Å². The number of nitrogen functional groups attached to an aromatic ring is 2. The lowest BCUT2D eigenvalue weighted by atomic mass is 10.1. The summed E-state index contributed by atoms with van der Waals surface area (Å²) in [4.78, 5) is 32.2. The van der Waals surface area contributed by atoms with E-state index in [1.807, 2.05) is 0 Å². The summed E-state index contributed by atoms with van der Waals surface area (Å²) in [6, 6.07) is 1.52. The van der Waals surface area contributed by atoms with Crippen LogP contribution in [0.2, 0.25) is 0 Å². The molecule has 0 aliphatic carbocycles. The summed E-state index contributed by atoms with van der Waals surface area (Å²) in [6.07, 6.45) is 0.407. The van der Waals surface area contributed by atoms with Crippen LogP contribution in [0.5, 0.6) is 0 Å². The molecule has 0 spiro atoms. The summed E-state index contributed by atoms with van der Waals surface area (Å²) >= 11 is 1.23. The Bertz CT molecular complexity index is 502. The smallest absolute Gasteiger partial charge is 0.228 e. The molecule has 1 aliphatic heterocycles. The average molecular weight is 281 g/mol. The van der Waals surface area contributed by atoms with Crippen molar-refractivity contribution in [2.45, 2.75) is 13.3 Å². The predicted octanol–water partition coefficient (Wildman–Crippen LogP) is 0.274. The molecular formula is C11H15N5O2S. The molecule has 1 fully saturated rings. The maximum absolute atomic E-state index is 11.9. The summed E-state index contributed by atoms with van der Waals surface area (Å²) < 4.78 is 0. The predicted molar refractivity (Wildman–Crippen MR) is 74.5 cm³/mol. The number of thioether (sulfide) groups is 1. The highest BCUT2D eigenvalue weighted by Crippen LogP contribution is 2.27. The quantitative estimate of drug-likeness (QED) is 0.817. The fourth-order valence-electron chi connectivity index (χ4n) is 1.96. The van der Waals surface area contributed by atoms with Crippen LogP contribution in [-0.2, 0) is 9.59 Å². The van der Waals surface area contributed by atoms with Crippen LogP contribution in [0.3, 0.4) is 0 Å². The molecule has 1 atom stereocenters. The Hall–Kier alpha value is -1.83. The molecule has 0 saturated carbocycles. The third-order valence-electron chi connectivity index (χ3n) is 2.75. The molecule has 1 saturated heterocycles. The van der Waals surface area contributed by atoms with Crippen LogP contribution in [0.4, 0.5) is 17.6 Å². The zero-order valence-corrected chi connectivity index (χ0v) is 11.3. The number of carbonyl (C=O) groups is 2. The topological polar surface area (TPSA) is 115 Å². The van der Waals surface area contributed by atoms with Crippen molar-refractivity contribution in [2.24, 2.45) is 5.92 Å². The van der Waals surface area contributed by atoms with Crippen molar-refractivity contribution in [2.75, 3.05) is 28.7 Å². The molecule has 102 valence electrons. The molecule has 0 bridgehead atoms. The van der Waals surface area contributed by atoms with Gasteiger partial charge in [-0.2, -0.15) is 9.97 Å². The number of nitrogens with zero attached hydrogens (tertiary/aromatic N) is 3. The number of aromatic nitrogens is 2. The van der Waals surface area contributed by atoms with Gasteiger partial charge >= 0.3 is 0 Å². The van der Waals surface area contributed by atoms with E-state index in [2.05, 4.69) is 9.97 Å². The maximum atomic E-state index is 11.9. The van der Waals surface area contributed by atoms with E-state index in [0.717, 1.165) is 0 Å². The average Bonchev–Trinajstić information content (AvgIpc) is 2.66. The van der Waals surface area contributed by atoms with Crippen molar-refractivity contribution < 1.29 is 9.59 Å². The highest BCUT2D eigenvalue weighted by atomic mass is 32.2. The van der Waals surface area contributed by atoms with Gasteiger partial charge in [-0.05, 0) is 5.92 Å². The molecule has 0 aromatic carbocycles. The molecule has 4 N–H and O–H groups in total. The van der Waals surface area contributed by atoms with Gasteiger partial charge in [0.05, 0.1) is 0 Å². The Kier molecular flexibility index (Phi) is 3.89. The van der Waals surface area contributed by atoms with E-state index >= 15 is 0 Å². The van der Waals surface area contributed by atoms with Crippen LogP contribution in [-0.4, -0.2) is 33.3 Å². The third kappa shape index (κ3) is 3.34. The van der Waals surface area contributed by atoms with Gasteiger partial charge in [0, 0.05) is 31.7 Å². The van der Waals surface area contributed by atoms with Crippen molar-refractivity contribution >= 4 is 40.4 Å². The summed E-state index contributed by atoms with van der Waals surface area (Å²) in [7, 11) is 0. The van der Waals surface area contributed by atoms with Gasteiger partial charge in [0.1, 0.15) is 11.6 Å². The van der Waals surface area contributed by atoms with Gasteiger partial charge in [-0.3, -0.25) is 14.5 Å². The molecule has 8 heteroatoms. The Balaban J connectivity index is 2.09. The van der Waals surface area contributed by atoms with E-state index in [1.54, 1.807) is 4.90 Å². The number of amides is 1. The summed E-state index contributed by atoms with van der Waals surface area (Å²) in [5.74, 6) is 1.44. The van der Waals surface area contributed by atoms with Crippen LogP contribution in [0, 0.1) is 5.92 Å². The molecule has 19 heavy (non-hydrogen) atoms. The zero-order chi connectivity index (χ0) is 14.0. The third-order valence-corrected chi connectivity index (χ3v) is 3.80. The first-order valence-corrected chi connectivity index (χ1v) is 6.78. The number of hydrogen-bond donors (Lipinski definition) is 2. The van der Waals surface area contributed by atoms with Crippen LogP contribution in [0.25, 0.3) is 0 Å². The van der Waals surface area contributed by atoms with E-state index in [9.17, 15) is 9.59 Å². The second kappa shape index (κ2) is 5.43. The van der Waals surface area contributed by atoms with Gasteiger partial charge in [-0.15, -0.1) is 0 Å². The van der Waals surface area contributed by atoms with Crippen molar-refractivity contribution in [3.05, 3.63) is 6.07 Å². The van der Waals surface area contributed by atoms with E-state index in [0.29, 0.717) is 24.5 Å². The fraction of sp³-hybridized carbons (Fsp3) is 0.455. The standard InChI is InChI=1S/C11H15N5O2S/c1-6(17)19-5-7-2-10(18)16(4-7)9-3-8(12)14-11(13)15-9/h3,7H,2,4-5H2,1H3,(H4,12,13,14,15). The summed E-state index contributed by atoms with van der Waals surface area (Å²) in [5.41, 5.74) is 11.1. The van der Waals surface area contributed by atoms with Crippen molar-refractivity contribution in [3.8, 4) is 0 Å². The SMILES string of the molecule is CC(=O)SCC1CC(=O)N(c2cc(N)nc(N)n2)C1. The molecule has 2 heterocycles. The first-order valence-electron chi connectivity index (χ1n) is 5.79. The summed E-state index contributed by atoms with van der Waals surface area (Å²) in [6.45, 7) is 2.04. The fourth-order valence-corrected chi connectivity index (χ4v) is 2.65. The normalized spacial score (nSPS) is 18.9. The molecule has 1 aromatic rings. The molecule has 1 aromatic heterocycles. The lowest BCUT2D eigenvalue weighted by Crippen LogP contribution is -2.26. The van der Waals surface area contributed by atoms with Crippen LogP contribution >= 0.6 is 11.8 Å². The molecule has 0 radical (unpaired) electrons. The van der Waals surface area contributed by atoms with Gasteiger partial charge in [-0.25, -0.2) is 0 Å². The highest BCUT2D eigenvalue weighted by Gasteiger charge is 2.31. The first kappa shape index (κ1) is 13.6. The number of hydrogen-bond acceptors (Lipinski definition) is 7. The Labute approximate surface area is 114 Å². The second-order valence-corrected chi connectivity index (χ2v) is 5.58. The largest absolute Gasteiger partial charge is 0.383 e. The molecule has 2 rings (SSSR count). The Morgan fingerprint density at radius 1 is 1.53 bits per heavy atom. The second-order valence-electron chi connectivity index (χ2n) is 4.39. The molecule has 1 aliphatic rings. The van der Waals surface area contributed by atoms with Crippen LogP contribution in [0.1, 0.15) is 13.3 Å². The van der Waals surface area contributed by atoms with Gasteiger partial charge in [0.2, 0.25) is 11.9 Å². The first-order chi connectivity index (χ1) is 8.95. The monoisotopic (exact) mass is 281 g/mol. The number of carbonyl (C=O) groups excluding carboxylic acids is 2. The van der Waals surface area contributed by atoms with E-state index in [1.165, 1.54) is 24.8 Å². The molecule has 7 nitrogen and oxygen atoms in total. The highest BCUT2D eigenvalue weighted by molar-refractivity contribution is 8.13. The minimum absolute atomic E-state index is 0.0355. The van der Waals surface area contributed by atoms with E-state index < -0.39 is 0 Å². The van der Waals surface area contributed by atoms with E-state index in [4.69, 9.17) is 11.5 Å². The van der Waals surface area contributed by atoms with E-state index in [-0.39, 0.29) is 28.7 Å². The van der Waals surface area contributed by atoms with Gasteiger partial charge in [0.15, 0.2) is 5.12 Å². The minimum atomic E-state index is -0.0355. The number of nitrogens with two attached hydrogens (primary N) is 2. The zero-order valence-electron chi connectivity index (χ0n) is 10.5. The lowest BCUT2D eigenvalue weighted by Gasteiger charge is -2.15. The van der Waals surface area contributed by atoms with Gasteiger partial charge in [-0.1, -0.05) is 11.8 Å².